The number of aryl methyl sites for hydroxylation is 1. The maximum Gasteiger partial charge on any atom is 0.311 e. The molecular formula is C24H38O4. The summed E-state index contributed by atoms with van der Waals surface area (Å²) in [6, 6.07) is 7.43. The van der Waals surface area contributed by atoms with Crippen LogP contribution < -0.4 is 4.74 Å². The number of hydrogen-bond acceptors (Lipinski definition) is 4. The van der Waals surface area contributed by atoms with E-state index in [0.29, 0.717) is 38.0 Å². The van der Waals surface area contributed by atoms with Crippen LogP contribution in [0.15, 0.2) is 24.3 Å². The second-order valence-electron chi connectivity index (χ2n) is 7.55. The van der Waals surface area contributed by atoms with E-state index in [1.54, 1.807) is 6.07 Å². The number of ether oxygens (including phenoxy) is 2. The Kier molecular flexibility index (Phi) is 14.0. The zero-order valence-corrected chi connectivity index (χ0v) is 17.8. The van der Waals surface area contributed by atoms with Crippen molar-refractivity contribution in [2.24, 2.45) is 0 Å². The van der Waals surface area contributed by atoms with Gasteiger partial charge in [0.15, 0.2) is 0 Å². The highest BCUT2D eigenvalue weighted by molar-refractivity contribution is 5.72. The van der Waals surface area contributed by atoms with Gasteiger partial charge in [0.2, 0.25) is 0 Å². The largest absolute Gasteiger partial charge is 0.466 e. The first kappa shape index (κ1) is 24.2. The first-order valence-corrected chi connectivity index (χ1v) is 11.0. The van der Waals surface area contributed by atoms with E-state index in [0.717, 1.165) is 18.4 Å². The van der Waals surface area contributed by atoms with Crippen molar-refractivity contribution in [2.45, 2.75) is 97.3 Å². The van der Waals surface area contributed by atoms with Crippen molar-refractivity contribution in [2.75, 3.05) is 6.61 Å². The highest BCUT2D eigenvalue weighted by atomic mass is 16.5. The van der Waals surface area contributed by atoms with Crippen LogP contribution in [0.25, 0.3) is 0 Å². The fourth-order valence-corrected chi connectivity index (χ4v) is 3.07. The molecule has 0 heterocycles. The normalized spacial score (nSPS) is 10.6. The van der Waals surface area contributed by atoms with E-state index >= 15 is 0 Å². The van der Waals surface area contributed by atoms with Crippen LogP contribution in [0.5, 0.6) is 5.75 Å². The summed E-state index contributed by atoms with van der Waals surface area (Å²) in [6.45, 7) is 4.71. The van der Waals surface area contributed by atoms with Crippen molar-refractivity contribution in [1.29, 1.82) is 0 Å². The van der Waals surface area contributed by atoms with E-state index in [9.17, 15) is 9.59 Å². The van der Waals surface area contributed by atoms with E-state index in [-0.39, 0.29) is 11.9 Å². The Bertz CT molecular complexity index is 553. The first-order valence-electron chi connectivity index (χ1n) is 11.0. The minimum atomic E-state index is -0.256. The predicted molar refractivity (Wildman–Crippen MR) is 113 cm³/mol. The molecule has 0 spiro atoms. The molecule has 0 unspecified atom stereocenters. The molecule has 1 rings (SSSR count). The van der Waals surface area contributed by atoms with E-state index in [1.807, 2.05) is 25.1 Å². The molecule has 0 saturated carbocycles. The van der Waals surface area contributed by atoms with E-state index in [2.05, 4.69) is 6.92 Å². The Morgan fingerprint density at radius 3 is 2.04 bits per heavy atom. The molecule has 0 fully saturated rings. The predicted octanol–water partition coefficient (Wildman–Crippen LogP) is 6.53. The van der Waals surface area contributed by atoms with Crippen molar-refractivity contribution in [3.8, 4) is 5.75 Å². The molecule has 158 valence electrons. The van der Waals surface area contributed by atoms with Gasteiger partial charge in [-0.15, -0.1) is 0 Å². The summed E-state index contributed by atoms with van der Waals surface area (Å²) in [5, 5.41) is 0. The average Bonchev–Trinajstić information content (AvgIpc) is 2.67. The van der Waals surface area contributed by atoms with Crippen LogP contribution in [0, 0.1) is 6.92 Å². The summed E-state index contributed by atoms with van der Waals surface area (Å²) < 4.78 is 10.5. The fourth-order valence-electron chi connectivity index (χ4n) is 3.07. The second-order valence-corrected chi connectivity index (χ2v) is 7.55. The smallest absolute Gasteiger partial charge is 0.311 e. The lowest BCUT2D eigenvalue weighted by molar-refractivity contribution is -0.144. The standard InChI is InChI=1S/C24H38O4/c1-3-4-5-6-7-8-9-10-13-19-27-23(25)17-11-12-18-24(26)28-22-16-14-15-21(2)20-22/h14-16,20H,3-13,17-19H2,1-2H3. The molecule has 0 radical (unpaired) electrons. The summed E-state index contributed by atoms with van der Waals surface area (Å²) in [4.78, 5) is 23.5. The number of carbonyl (C=O) groups excluding carboxylic acids is 2. The SMILES string of the molecule is CCCCCCCCCCCOC(=O)CCCCC(=O)Oc1cccc(C)c1. The van der Waals surface area contributed by atoms with E-state index in [4.69, 9.17) is 9.47 Å². The zero-order chi connectivity index (χ0) is 20.5. The number of carbonyl (C=O) groups is 2. The van der Waals surface area contributed by atoms with Crippen LogP contribution in [0.2, 0.25) is 0 Å². The topological polar surface area (TPSA) is 52.6 Å². The van der Waals surface area contributed by atoms with Gasteiger partial charge in [0, 0.05) is 12.8 Å². The summed E-state index contributed by atoms with van der Waals surface area (Å²) in [7, 11) is 0. The quantitative estimate of drug-likeness (QED) is 0.183. The van der Waals surface area contributed by atoms with Gasteiger partial charge < -0.3 is 9.47 Å². The van der Waals surface area contributed by atoms with Gasteiger partial charge in [-0.05, 0) is 43.9 Å². The van der Waals surface area contributed by atoms with Crippen LogP contribution >= 0.6 is 0 Å². The lowest BCUT2D eigenvalue weighted by atomic mass is 10.1. The Labute approximate surface area is 171 Å². The van der Waals surface area contributed by atoms with Crippen molar-refractivity contribution in [3.05, 3.63) is 29.8 Å². The van der Waals surface area contributed by atoms with Gasteiger partial charge in [-0.2, -0.15) is 0 Å². The lowest BCUT2D eigenvalue weighted by Gasteiger charge is -2.06. The Morgan fingerprint density at radius 1 is 0.786 bits per heavy atom. The molecule has 0 bridgehead atoms. The number of hydrogen-bond donors (Lipinski definition) is 0. The summed E-state index contributed by atoms with van der Waals surface area (Å²) in [6.07, 6.45) is 13.3. The number of benzene rings is 1. The third-order valence-corrected chi connectivity index (χ3v) is 4.74. The van der Waals surface area contributed by atoms with Gasteiger partial charge in [-0.1, -0.05) is 70.4 Å². The molecule has 0 atom stereocenters. The third kappa shape index (κ3) is 13.3. The molecule has 0 N–H and O–H groups in total. The van der Waals surface area contributed by atoms with Gasteiger partial charge in [0.25, 0.3) is 0 Å². The van der Waals surface area contributed by atoms with E-state index in [1.165, 1.54) is 44.9 Å². The van der Waals surface area contributed by atoms with Crippen molar-refractivity contribution >= 4 is 11.9 Å². The molecule has 0 aromatic heterocycles. The molecular weight excluding hydrogens is 352 g/mol. The lowest BCUT2D eigenvalue weighted by Crippen LogP contribution is -2.09. The van der Waals surface area contributed by atoms with E-state index < -0.39 is 0 Å². The maximum atomic E-state index is 11.8. The van der Waals surface area contributed by atoms with Gasteiger partial charge in [-0.25, -0.2) is 0 Å². The first-order chi connectivity index (χ1) is 13.6. The molecule has 1 aromatic carbocycles. The summed E-state index contributed by atoms with van der Waals surface area (Å²) in [5.41, 5.74) is 1.06. The van der Waals surface area contributed by atoms with Crippen LogP contribution in [0.1, 0.15) is 96.0 Å². The maximum absolute atomic E-state index is 11.8. The fraction of sp³-hybridized carbons (Fsp3) is 0.667. The van der Waals surface area contributed by atoms with Crippen molar-refractivity contribution < 1.29 is 19.1 Å². The number of esters is 2. The minimum Gasteiger partial charge on any atom is -0.466 e. The van der Waals surface area contributed by atoms with Gasteiger partial charge in [-0.3, -0.25) is 9.59 Å². The molecule has 4 heteroatoms. The third-order valence-electron chi connectivity index (χ3n) is 4.74. The van der Waals surface area contributed by atoms with Crippen molar-refractivity contribution in [3.63, 3.8) is 0 Å². The Balaban J connectivity index is 1.92. The number of rotatable bonds is 16. The van der Waals surface area contributed by atoms with Crippen molar-refractivity contribution in [1.82, 2.24) is 0 Å². The van der Waals surface area contributed by atoms with Crippen LogP contribution in [0.3, 0.4) is 0 Å². The van der Waals surface area contributed by atoms with Crippen LogP contribution in [0.4, 0.5) is 0 Å². The monoisotopic (exact) mass is 390 g/mol. The van der Waals surface area contributed by atoms with Gasteiger partial charge in [0.1, 0.15) is 5.75 Å². The minimum absolute atomic E-state index is 0.161. The van der Waals surface area contributed by atoms with Gasteiger partial charge >= 0.3 is 11.9 Å². The van der Waals surface area contributed by atoms with Crippen LogP contribution in [-0.4, -0.2) is 18.5 Å². The zero-order valence-electron chi connectivity index (χ0n) is 17.8. The molecule has 1 aromatic rings. The average molecular weight is 391 g/mol. The molecule has 0 aliphatic carbocycles. The molecule has 0 aliphatic heterocycles. The molecule has 0 saturated heterocycles. The second kappa shape index (κ2) is 16.1. The summed E-state index contributed by atoms with van der Waals surface area (Å²) in [5.74, 6) is 0.158. The Hall–Kier alpha value is -1.84. The Morgan fingerprint density at radius 2 is 1.39 bits per heavy atom. The molecule has 0 amide bonds. The molecule has 28 heavy (non-hydrogen) atoms. The highest BCUT2D eigenvalue weighted by Gasteiger charge is 2.07. The summed E-state index contributed by atoms with van der Waals surface area (Å²) >= 11 is 0. The van der Waals surface area contributed by atoms with Crippen LogP contribution in [-0.2, 0) is 14.3 Å². The molecule has 4 nitrogen and oxygen atoms in total. The van der Waals surface area contributed by atoms with Gasteiger partial charge in [0.05, 0.1) is 6.61 Å². The highest BCUT2D eigenvalue weighted by Crippen LogP contribution is 2.14. The molecule has 0 aliphatic rings. The number of unbranched alkanes of at least 4 members (excludes halogenated alkanes) is 9.